The lowest BCUT2D eigenvalue weighted by Crippen LogP contribution is -2.52. The lowest BCUT2D eigenvalue weighted by atomic mass is 9.68. The summed E-state index contributed by atoms with van der Waals surface area (Å²) in [5.41, 5.74) is 11.0. The second-order valence-electron chi connectivity index (χ2n) is 25.0. The zero-order chi connectivity index (χ0) is 57.3. The van der Waals surface area contributed by atoms with E-state index in [1.165, 1.54) is 44.2 Å². The SMILES string of the molecule is CC(=O)NCNCc1c(C(=O)NC2C3(C)CCC(C3)C2(C)C)nn(Cc2ccc(C)cc2)c1-c1ccc(Cl)cc1.CC(=O)NCNCc1cc(-c2cc(C(=O)NC3C4(C)CCC(C4)C3(C)C)nn2Cc2ccc(C)cc2)ccc1Cl. The summed E-state index contributed by atoms with van der Waals surface area (Å²) in [4.78, 5) is 50.5. The van der Waals surface area contributed by atoms with Crippen LogP contribution in [0.25, 0.3) is 22.5 Å². The molecule has 4 bridgehead atoms. The Labute approximate surface area is 482 Å². The van der Waals surface area contributed by atoms with Gasteiger partial charge in [0.05, 0.1) is 37.8 Å². The Kier molecular flexibility index (Phi) is 17.2. The van der Waals surface area contributed by atoms with Crippen LogP contribution in [0.4, 0.5) is 0 Å². The summed E-state index contributed by atoms with van der Waals surface area (Å²) in [5, 5.41) is 29.9. The number of halogens is 2. The van der Waals surface area contributed by atoms with Crippen molar-refractivity contribution in [1.29, 1.82) is 0 Å². The standard InChI is InChI=1S/2C32H40ClN5O2/c1-20-6-8-22(9-7-20)18-38-28(23-10-12-25(33)13-11-23)26(17-34-19-35-21(2)39)27(37-38)29(40)36-30-31(3,4)24-14-15-32(30,5)16-24;1-20-6-8-22(9-7-20)18-38-28(23-10-11-26(33)24(14-23)17-34-19-35-21(2)39)15-27(37-38)29(40)36-30-31(3,4)25-12-13-32(30,5)16-25/h6-13,24,30,34H,14-19H2,1-5H3,(H,35,39)(H,36,40);6-11,14-15,25,30,34H,12-13,16-19H2,1-5H3,(H,35,39)(H,36,40). The first-order valence-electron chi connectivity index (χ1n) is 28.3. The van der Waals surface area contributed by atoms with E-state index in [-0.39, 0.29) is 64.0 Å². The van der Waals surface area contributed by atoms with E-state index in [0.29, 0.717) is 66.1 Å². The second kappa shape index (κ2) is 23.6. The molecular formula is C64H80Cl2N10O4. The molecule has 6 atom stereocenters. The van der Waals surface area contributed by atoms with Crippen molar-refractivity contribution in [2.75, 3.05) is 13.3 Å². The van der Waals surface area contributed by atoms with Gasteiger partial charge in [0.15, 0.2) is 11.4 Å². The number of hydrogen-bond donors (Lipinski definition) is 6. The summed E-state index contributed by atoms with van der Waals surface area (Å²) in [6, 6.07) is 32.3. The highest BCUT2D eigenvalue weighted by Gasteiger charge is 2.61. The monoisotopic (exact) mass is 1120 g/mol. The Morgan fingerprint density at radius 2 is 1.10 bits per heavy atom. The molecule has 4 aliphatic carbocycles. The van der Waals surface area contributed by atoms with Crippen LogP contribution in [0.2, 0.25) is 10.0 Å². The van der Waals surface area contributed by atoms with Crippen molar-refractivity contribution in [3.05, 3.63) is 152 Å². The number of benzene rings is 4. The number of nitrogens with zero attached hydrogens (tertiary/aromatic N) is 4. The topological polar surface area (TPSA) is 176 Å². The number of amides is 4. The first-order valence-corrected chi connectivity index (χ1v) is 29.0. The molecule has 80 heavy (non-hydrogen) atoms. The largest absolute Gasteiger partial charge is 0.347 e. The smallest absolute Gasteiger partial charge is 0.272 e. The number of aryl methyl sites for hydroxylation is 2. The van der Waals surface area contributed by atoms with E-state index < -0.39 is 0 Å². The van der Waals surface area contributed by atoms with Gasteiger partial charge in [0.25, 0.3) is 11.8 Å². The van der Waals surface area contributed by atoms with E-state index in [1.54, 1.807) is 0 Å². The van der Waals surface area contributed by atoms with Gasteiger partial charge in [0, 0.05) is 65.8 Å². The molecule has 6 unspecified atom stereocenters. The zero-order valence-electron chi connectivity index (χ0n) is 48.2. The molecule has 6 N–H and O–H groups in total. The number of nitrogens with one attached hydrogen (secondary N) is 6. The zero-order valence-corrected chi connectivity index (χ0v) is 49.7. The van der Waals surface area contributed by atoms with Gasteiger partial charge in [-0.2, -0.15) is 10.2 Å². The maximum absolute atomic E-state index is 14.1. The van der Waals surface area contributed by atoms with Crippen molar-refractivity contribution in [1.82, 2.24) is 51.5 Å². The van der Waals surface area contributed by atoms with Crippen molar-refractivity contribution in [3.63, 3.8) is 0 Å². The Balaban J connectivity index is 0.000000194. The lowest BCUT2D eigenvalue weighted by molar-refractivity contribution is -0.119. The molecule has 2 aromatic heterocycles. The van der Waals surface area contributed by atoms with Crippen LogP contribution in [0.5, 0.6) is 0 Å². The number of carbonyl (C=O) groups excluding carboxylic acids is 4. The molecule has 2 heterocycles. The fourth-order valence-electron chi connectivity index (χ4n) is 13.9. The van der Waals surface area contributed by atoms with Crippen LogP contribution in [0.3, 0.4) is 0 Å². The maximum atomic E-state index is 14.1. The van der Waals surface area contributed by atoms with Gasteiger partial charge in [-0.15, -0.1) is 0 Å². The first-order chi connectivity index (χ1) is 37.9. The van der Waals surface area contributed by atoms with Gasteiger partial charge < -0.3 is 21.3 Å². The number of hydrogen-bond acceptors (Lipinski definition) is 8. The van der Waals surface area contributed by atoms with E-state index in [9.17, 15) is 19.2 Å². The molecule has 424 valence electrons. The van der Waals surface area contributed by atoms with Crippen molar-refractivity contribution < 1.29 is 19.2 Å². The molecule has 4 fully saturated rings. The molecule has 0 saturated heterocycles. The quantitative estimate of drug-likeness (QED) is 0.0364. The number of fused-ring (bicyclic) bond motifs is 4. The summed E-state index contributed by atoms with van der Waals surface area (Å²) in [6.07, 6.45) is 7.07. The van der Waals surface area contributed by atoms with Gasteiger partial charge in [-0.05, 0) is 133 Å². The highest BCUT2D eigenvalue weighted by atomic mass is 35.5. The molecule has 14 nitrogen and oxygen atoms in total. The van der Waals surface area contributed by atoms with Crippen molar-refractivity contribution in [2.24, 2.45) is 33.5 Å². The van der Waals surface area contributed by atoms with Gasteiger partial charge in [-0.1, -0.05) is 143 Å². The third-order valence-electron chi connectivity index (χ3n) is 18.3. The number of carbonyl (C=O) groups is 4. The highest BCUT2D eigenvalue weighted by molar-refractivity contribution is 6.31. The molecular weight excluding hydrogens is 1040 g/mol. The van der Waals surface area contributed by atoms with Crippen LogP contribution in [0.15, 0.2) is 97.1 Å². The lowest BCUT2D eigenvalue weighted by Gasteiger charge is -2.43. The third-order valence-corrected chi connectivity index (χ3v) is 18.9. The minimum atomic E-state index is -0.152. The molecule has 0 radical (unpaired) electrons. The van der Waals surface area contributed by atoms with Gasteiger partial charge in [-0.3, -0.25) is 39.2 Å². The fraction of sp³-hybridized carbons (Fsp3) is 0.469. The maximum Gasteiger partial charge on any atom is 0.272 e. The van der Waals surface area contributed by atoms with E-state index in [1.807, 2.05) is 57.9 Å². The number of rotatable bonds is 18. The van der Waals surface area contributed by atoms with Gasteiger partial charge >= 0.3 is 0 Å². The molecule has 0 aliphatic heterocycles. The minimum absolute atomic E-state index is 0.0238. The Bertz CT molecular complexity index is 3230. The molecule has 4 saturated carbocycles. The molecule has 4 amide bonds. The van der Waals surface area contributed by atoms with Crippen LogP contribution in [0, 0.1) is 47.3 Å². The molecule has 0 spiro atoms. The Morgan fingerprint density at radius 1 is 0.600 bits per heavy atom. The molecule has 10 rings (SSSR count). The predicted octanol–water partition coefficient (Wildman–Crippen LogP) is 11.4. The Morgan fingerprint density at radius 3 is 1.61 bits per heavy atom. The first kappa shape index (κ1) is 58.3. The molecule has 4 aliphatic rings. The van der Waals surface area contributed by atoms with E-state index in [4.69, 9.17) is 33.4 Å². The van der Waals surface area contributed by atoms with Crippen molar-refractivity contribution in [3.8, 4) is 22.5 Å². The average Bonchev–Trinajstić information content (AvgIpc) is 4.46. The minimum Gasteiger partial charge on any atom is -0.347 e. The van der Waals surface area contributed by atoms with Crippen molar-refractivity contribution >= 4 is 46.8 Å². The Hall–Kier alpha value is -6.32. The average molecular weight is 1120 g/mol. The normalized spacial score (nSPS) is 22.9. The van der Waals surface area contributed by atoms with Gasteiger partial charge in [-0.25, -0.2) is 0 Å². The van der Waals surface area contributed by atoms with Crippen LogP contribution in [-0.4, -0.2) is 68.6 Å². The summed E-state index contributed by atoms with van der Waals surface area (Å²) < 4.78 is 3.83. The predicted molar refractivity (Wildman–Crippen MR) is 318 cm³/mol. The van der Waals surface area contributed by atoms with Crippen LogP contribution < -0.4 is 31.9 Å². The van der Waals surface area contributed by atoms with Crippen molar-refractivity contribution in [2.45, 2.75) is 146 Å². The second-order valence-corrected chi connectivity index (χ2v) is 25.9. The van der Waals surface area contributed by atoms with Gasteiger partial charge in [0.2, 0.25) is 11.8 Å². The summed E-state index contributed by atoms with van der Waals surface area (Å²) >= 11 is 12.8. The summed E-state index contributed by atoms with van der Waals surface area (Å²) in [6.45, 7) is 23.4. The number of aromatic nitrogens is 4. The highest BCUT2D eigenvalue weighted by Crippen LogP contribution is 2.63. The third kappa shape index (κ3) is 12.6. The fourth-order valence-corrected chi connectivity index (χ4v) is 14.2. The van der Waals surface area contributed by atoms with E-state index in [2.05, 4.69) is 136 Å². The van der Waals surface area contributed by atoms with E-state index in [0.717, 1.165) is 64.0 Å². The van der Waals surface area contributed by atoms with E-state index >= 15 is 0 Å². The van der Waals surface area contributed by atoms with Crippen LogP contribution >= 0.6 is 23.2 Å². The van der Waals surface area contributed by atoms with Gasteiger partial charge in [0.1, 0.15) is 0 Å². The van der Waals surface area contributed by atoms with Crippen LogP contribution in [-0.2, 0) is 35.8 Å². The summed E-state index contributed by atoms with van der Waals surface area (Å²) in [5.74, 6) is 0.767. The molecule has 16 heteroatoms. The molecule has 6 aromatic rings. The molecule has 4 aromatic carbocycles. The summed E-state index contributed by atoms with van der Waals surface area (Å²) in [7, 11) is 0. The van der Waals surface area contributed by atoms with Crippen LogP contribution in [0.1, 0.15) is 148 Å².